The molecule has 0 bridgehead atoms. The number of aryl methyl sites for hydroxylation is 1. The van der Waals surface area contributed by atoms with Crippen LogP contribution < -0.4 is 10.6 Å². The maximum Gasteiger partial charge on any atom is 0.233 e. The largest absolute Gasteiger partial charge is 0.355 e. The van der Waals surface area contributed by atoms with Crippen molar-refractivity contribution in [3.05, 3.63) is 24.0 Å². The van der Waals surface area contributed by atoms with E-state index in [0.717, 1.165) is 19.6 Å². The summed E-state index contributed by atoms with van der Waals surface area (Å²) in [5.74, 6) is 0.560. The number of rotatable bonds is 7. The lowest BCUT2D eigenvalue weighted by molar-refractivity contribution is -0.120. The lowest BCUT2D eigenvalue weighted by Gasteiger charge is -2.09. The lowest BCUT2D eigenvalue weighted by atomic mass is 10.2. The zero-order chi connectivity index (χ0) is 12.7. The Morgan fingerprint density at radius 3 is 2.88 bits per heavy atom. The quantitative estimate of drug-likeness (QED) is 0.752. The maximum atomic E-state index is 11.5. The van der Waals surface area contributed by atoms with Crippen molar-refractivity contribution in [2.24, 2.45) is 5.92 Å². The minimum absolute atomic E-state index is 0.0632. The van der Waals surface area contributed by atoms with Gasteiger partial charge in [0.2, 0.25) is 5.91 Å². The topological polar surface area (TPSA) is 46.1 Å². The Hall–Kier alpha value is -1.29. The monoisotopic (exact) mass is 237 g/mol. The molecule has 1 aromatic rings. The fourth-order valence-electron chi connectivity index (χ4n) is 1.60. The third-order valence-corrected chi connectivity index (χ3v) is 2.56. The molecular weight excluding hydrogens is 214 g/mol. The Balaban J connectivity index is 2.21. The smallest absolute Gasteiger partial charge is 0.233 e. The Labute approximate surface area is 103 Å². The van der Waals surface area contributed by atoms with E-state index in [1.54, 1.807) is 0 Å². The number of hydrogen-bond acceptors (Lipinski definition) is 2. The van der Waals surface area contributed by atoms with Gasteiger partial charge in [0.1, 0.15) is 0 Å². The highest BCUT2D eigenvalue weighted by Crippen LogP contribution is 2.00. The van der Waals surface area contributed by atoms with Crippen LogP contribution >= 0.6 is 0 Å². The van der Waals surface area contributed by atoms with Gasteiger partial charge in [0.25, 0.3) is 0 Å². The average molecular weight is 237 g/mol. The van der Waals surface area contributed by atoms with Crippen LogP contribution in [0.15, 0.2) is 18.3 Å². The Bertz CT molecular complexity index is 344. The molecule has 0 saturated heterocycles. The number of carbonyl (C=O) groups excluding carboxylic acids is 1. The van der Waals surface area contributed by atoms with Gasteiger partial charge in [-0.1, -0.05) is 13.8 Å². The number of hydrogen-bond donors (Lipinski definition) is 2. The highest BCUT2D eigenvalue weighted by atomic mass is 16.1. The van der Waals surface area contributed by atoms with Gasteiger partial charge in [-0.15, -0.1) is 0 Å². The van der Waals surface area contributed by atoms with Gasteiger partial charge in [-0.2, -0.15) is 0 Å². The first kappa shape index (κ1) is 13.8. The van der Waals surface area contributed by atoms with Crippen LogP contribution in [0.25, 0.3) is 0 Å². The van der Waals surface area contributed by atoms with E-state index in [4.69, 9.17) is 0 Å². The highest BCUT2D eigenvalue weighted by Gasteiger charge is 2.03. The van der Waals surface area contributed by atoms with E-state index < -0.39 is 0 Å². The first-order chi connectivity index (χ1) is 8.13. The molecule has 0 spiro atoms. The number of amides is 1. The van der Waals surface area contributed by atoms with Crippen molar-refractivity contribution in [3.63, 3.8) is 0 Å². The van der Waals surface area contributed by atoms with E-state index in [2.05, 4.69) is 48.2 Å². The molecule has 0 fully saturated rings. The molecular formula is C13H23N3O. The molecule has 2 N–H and O–H groups in total. The van der Waals surface area contributed by atoms with Gasteiger partial charge in [0, 0.05) is 31.5 Å². The van der Waals surface area contributed by atoms with Crippen molar-refractivity contribution in [1.82, 2.24) is 15.2 Å². The predicted octanol–water partition coefficient (Wildman–Crippen LogP) is 1.37. The van der Waals surface area contributed by atoms with E-state index in [-0.39, 0.29) is 5.91 Å². The second kappa shape index (κ2) is 7.12. The van der Waals surface area contributed by atoms with E-state index in [0.29, 0.717) is 12.5 Å². The van der Waals surface area contributed by atoms with Gasteiger partial charge in [0.05, 0.1) is 6.54 Å². The van der Waals surface area contributed by atoms with Crippen LogP contribution in [0.3, 0.4) is 0 Å². The Morgan fingerprint density at radius 2 is 2.24 bits per heavy atom. The van der Waals surface area contributed by atoms with Crippen LogP contribution in [0.2, 0.25) is 0 Å². The van der Waals surface area contributed by atoms with E-state index >= 15 is 0 Å². The van der Waals surface area contributed by atoms with Crippen molar-refractivity contribution in [1.29, 1.82) is 0 Å². The van der Waals surface area contributed by atoms with Gasteiger partial charge in [-0.05, 0) is 25.0 Å². The second-order valence-electron chi connectivity index (χ2n) is 4.59. The molecule has 17 heavy (non-hydrogen) atoms. The van der Waals surface area contributed by atoms with Gasteiger partial charge >= 0.3 is 0 Å². The third-order valence-electron chi connectivity index (χ3n) is 2.56. The molecule has 0 unspecified atom stereocenters. The molecule has 4 heteroatoms. The summed E-state index contributed by atoms with van der Waals surface area (Å²) in [6.07, 6.45) is 2.05. The minimum Gasteiger partial charge on any atom is -0.355 e. The van der Waals surface area contributed by atoms with Crippen LogP contribution in [-0.4, -0.2) is 23.6 Å². The number of carbonyl (C=O) groups is 1. The van der Waals surface area contributed by atoms with Crippen LogP contribution in [0, 0.1) is 5.92 Å². The first-order valence-electron chi connectivity index (χ1n) is 6.25. The molecule has 1 heterocycles. The van der Waals surface area contributed by atoms with Crippen LogP contribution in [0.4, 0.5) is 0 Å². The molecule has 0 saturated carbocycles. The normalized spacial score (nSPS) is 10.8. The first-order valence-corrected chi connectivity index (χ1v) is 6.25. The predicted molar refractivity (Wildman–Crippen MR) is 69.7 cm³/mol. The molecule has 1 rings (SSSR count). The standard InChI is InChI=1S/C13H23N3O/c1-4-16-7-5-6-12(16)9-14-10-13(17)15-8-11(2)3/h5-7,11,14H,4,8-10H2,1-3H3,(H,15,17). The second-order valence-corrected chi connectivity index (χ2v) is 4.59. The molecule has 0 aromatic carbocycles. The van der Waals surface area contributed by atoms with Crippen LogP contribution in [0.1, 0.15) is 26.5 Å². The molecule has 0 aliphatic carbocycles. The highest BCUT2D eigenvalue weighted by molar-refractivity contribution is 5.77. The number of nitrogens with one attached hydrogen (secondary N) is 2. The van der Waals surface area contributed by atoms with Gasteiger partial charge in [-0.25, -0.2) is 0 Å². The summed E-state index contributed by atoms with van der Waals surface area (Å²) < 4.78 is 2.17. The number of nitrogens with zero attached hydrogens (tertiary/aromatic N) is 1. The average Bonchev–Trinajstić information content (AvgIpc) is 2.74. The number of aromatic nitrogens is 1. The summed E-state index contributed by atoms with van der Waals surface area (Å²) in [5, 5.41) is 6.04. The SMILES string of the molecule is CCn1cccc1CNCC(=O)NCC(C)C. The van der Waals surface area contributed by atoms with E-state index in [1.165, 1.54) is 5.69 Å². The Kier molecular flexibility index (Phi) is 5.77. The van der Waals surface area contributed by atoms with Gasteiger partial charge < -0.3 is 15.2 Å². The molecule has 0 radical (unpaired) electrons. The summed E-state index contributed by atoms with van der Waals surface area (Å²) in [6.45, 7) is 9.09. The van der Waals surface area contributed by atoms with Gasteiger partial charge in [0.15, 0.2) is 0 Å². The molecule has 4 nitrogen and oxygen atoms in total. The third kappa shape index (κ3) is 5.04. The molecule has 1 amide bonds. The minimum atomic E-state index is 0.0632. The van der Waals surface area contributed by atoms with Gasteiger partial charge in [-0.3, -0.25) is 4.79 Å². The zero-order valence-corrected chi connectivity index (χ0v) is 11.0. The molecule has 0 aliphatic heterocycles. The van der Waals surface area contributed by atoms with Crippen LogP contribution in [0.5, 0.6) is 0 Å². The van der Waals surface area contributed by atoms with Crippen LogP contribution in [-0.2, 0) is 17.9 Å². The van der Waals surface area contributed by atoms with Crippen molar-refractivity contribution in [2.75, 3.05) is 13.1 Å². The summed E-state index contributed by atoms with van der Waals surface area (Å²) in [6, 6.07) is 4.10. The molecule has 96 valence electrons. The molecule has 0 atom stereocenters. The van der Waals surface area contributed by atoms with Crippen molar-refractivity contribution >= 4 is 5.91 Å². The summed E-state index contributed by atoms with van der Waals surface area (Å²) in [4.78, 5) is 11.5. The maximum absolute atomic E-state index is 11.5. The molecule has 1 aromatic heterocycles. The van der Waals surface area contributed by atoms with E-state index in [1.807, 2.05) is 6.07 Å². The van der Waals surface area contributed by atoms with Crippen molar-refractivity contribution < 1.29 is 4.79 Å². The van der Waals surface area contributed by atoms with E-state index in [9.17, 15) is 4.79 Å². The summed E-state index contributed by atoms with van der Waals surface area (Å²) in [7, 11) is 0. The Morgan fingerprint density at radius 1 is 1.47 bits per heavy atom. The molecule has 0 aliphatic rings. The fraction of sp³-hybridized carbons (Fsp3) is 0.615. The zero-order valence-electron chi connectivity index (χ0n) is 11.0. The van der Waals surface area contributed by atoms with Crippen molar-refractivity contribution in [3.8, 4) is 0 Å². The van der Waals surface area contributed by atoms with Crippen molar-refractivity contribution in [2.45, 2.75) is 33.9 Å². The lowest BCUT2D eigenvalue weighted by Crippen LogP contribution is -2.35. The summed E-state index contributed by atoms with van der Waals surface area (Å²) >= 11 is 0. The summed E-state index contributed by atoms with van der Waals surface area (Å²) in [5.41, 5.74) is 1.21. The fourth-order valence-corrected chi connectivity index (χ4v) is 1.60.